The number of carbonyl (C=O) groups excluding carboxylic acids is 1. The van der Waals surface area contributed by atoms with Gasteiger partial charge in [-0.25, -0.2) is 14.8 Å². The molecule has 0 saturated heterocycles. The highest BCUT2D eigenvalue weighted by Gasteiger charge is 2.21. The van der Waals surface area contributed by atoms with Crippen molar-refractivity contribution in [2.75, 3.05) is 30.9 Å². The maximum Gasteiger partial charge on any atom is 0.333 e. The van der Waals surface area contributed by atoms with Crippen molar-refractivity contribution in [1.29, 1.82) is 0 Å². The fourth-order valence-corrected chi connectivity index (χ4v) is 3.48. The van der Waals surface area contributed by atoms with Gasteiger partial charge in [-0.2, -0.15) is 0 Å². The quantitative estimate of drug-likeness (QED) is 0.594. The molecule has 0 aliphatic carbocycles. The molecule has 0 atom stereocenters. The van der Waals surface area contributed by atoms with Crippen molar-refractivity contribution in [3.63, 3.8) is 0 Å². The zero-order valence-corrected chi connectivity index (χ0v) is 18.5. The van der Waals surface area contributed by atoms with Crippen LogP contribution in [0.1, 0.15) is 23.2 Å². The third kappa shape index (κ3) is 4.54. The highest BCUT2D eigenvalue weighted by Crippen LogP contribution is 2.33. The molecular weight excluding hydrogens is 406 g/mol. The molecule has 32 heavy (non-hydrogen) atoms. The van der Waals surface area contributed by atoms with Gasteiger partial charge in [-0.15, -0.1) is 0 Å². The topological polar surface area (TPSA) is 89.5 Å². The third-order valence-electron chi connectivity index (χ3n) is 5.26. The van der Waals surface area contributed by atoms with Crippen LogP contribution in [-0.4, -0.2) is 41.6 Å². The second-order valence-electron chi connectivity index (χ2n) is 7.63. The Balaban J connectivity index is 1.62. The molecule has 0 bridgehead atoms. The summed E-state index contributed by atoms with van der Waals surface area (Å²) in [7, 11) is 3.33. The summed E-state index contributed by atoms with van der Waals surface area (Å²) >= 11 is 0. The predicted molar refractivity (Wildman–Crippen MR) is 123 cm³/mol. The van der Waals surface area contributed by atoms with Gasteiger partial charge in [-0.3, -0.25) is 4.98 Å². The van der Waals surface area contributed by atoms with E-state index in [0.717, 1.165) is 34.1 Å². The Morgan fingerprint density at radius 1 is 1.12 bits per heavy atom. The largest absolute Gasteiger partial charge is 0.466 e. The van der Waals surface area contributed by atoms with Crippen LogP contribution in [0.15, 0.2) is 48.4 Å². The Hall–Kier alpha value is -3.94. The number of hydrogen-bond donors (Lipinski definition) is 1. The van der Waals surface area contributed by atoms with E-state index in [4.69, 9.17) is 9.47 Å². The third-order valence-corrected chi connectivity index (χ3v) is 5.26. The lowest BCUT2D eigenvalue weighted by molar-refractivity contribution is -0.136. The van der Waals surface area contributed by atoms with Gasteiger partial charge in [0.25, 0.3) is 0 Å². The number of carbonyl (C=O) groups is 1. The fourth-order valence-electron chi connectivity index (χ4n) is 3.48. The number of benzene rings is 1. The number of rotatable bonds is 5. The number of aromatic nitrogens is 3. The molecule has 0 spiro atoms. The van der Waals surface area contributed by atoms with Crippen LogP contribution in [0, 0.1) is 13.8 Å². The van der Waals surface area contributed by atoms with Crippen molar-refractivity contribution in [1.82, 2.24) is 15.0 Å². The van der Waals surface area contributed by atoms with Crippen LogP contribution < -0.4 is 15.0 Å². The first-order valence-corrected chi connectivity index (χ1v) is 10.3. The maximum atomic E-state index is 12.2. The van der Waals surface area contributed by atoms with Gasteiger partial charge < -0.3 is 19.7 Å². The first-order chi connectivity index (χ1) is 15.4. The molecule has 1 aliphatic heterocycles. The average molecular weight is 431 g/mol. The number of aryl methyl sites for hydroxylation is 2. The lowest BCUT2D eigenvalue weighted by Gasteiger charge is -2.19. The summed E-state index contributed by atoms with van der Waals surface area (Å²) < 4.78 is 10.9. The molecule has 1 N–H and O–H groups in total. The van der Waals surface area contributed by atoms with Gasteiger partial charge in [0.15, 0.2) is 0 Å². The normalized spacial score (nSPS) is 13.0. The van der Waals surface area contributed by atoms with Gasteiger partial charge in [0.1, 0.15) is 29.5 Å². The van der Waals surface area contributed by atoms with Crippen molar-refractivity contribution in [2.24, 2.45) is 0 Å². The molecule has 3 heterocycles. The molecule has 0 amide bonds. The van der Waals surface area contributed by atoms with E-state index in [-0.39, 0.29) is 5.97 Å². The Morgan fingerprint density at radius 2 is 1.97 bits per heavy atom. The number of esters is 1. The Labute approximate surface area is 186 Å². The molecule has 0 fully saturated rings. The number of fused-ring (bicyclic) bond motifs is 1. The second kappa shape index (κ2) is 9.05. The van der Waals surface area contributed by atoms with Crippen LogP contribution >= 0.6 is 0 Å². The van der Waals surface area contributed by atoms with Gasteiger partial charge in [0.2, 0.25) is 0 Å². The van der Waals surface area contributed by atoms with Crippen LogP contribution in [0.2, 0.25) is 0 Å². The zero-order chi connectivity index (χ0) is 22.7. The smallest absolute Gasteiger partial charge is 0.333 e. The minimum absolute atomic E-state index is 0.344. The molecule has 0 radical (unpaired) electrons. The zero-order valence-electron chi connectivity index (χ0n) is 18.5. The second-order valence-corrected chi connectivity index (χ2v) is 7.63. The number of hydrogen-bond acceptors (Lipinski definition) is 8. The van der Waals surface area contributed by atoms with E-state index in [1.165, 1.54) is 13.4 Å². The van der Waals surface area contributed by atoms with Crippen molar-refractivity contribution in [3.8, 4) is 11.5 Å². The summed E-state index contributed by atoms with van der Waals surface area (Å²) in [6.07, 6.45) is 5.60. The minimum atomic E-state index is -0.344. The summed E-state index contributed by atoms with van der Waals surface area (Å²) in [6, 6.07) is 9.61. The van der Waals surface area contributed by atoms with E-state index in [2.05, 4.69) is 20.3 Å². The van der Waals surface area contributed by atoms with Crippen LogP contribution in [0.4, 0.5) is 17.3 Å². The van der Waals surface area contributed by atoms with Crippen LogP contribution in [0.25, 0.3) is 6.08 Å². The van der Waals surface area contributed by atoms with Crippen molar-refractivity contribution < 1.29 is 14.3 Å². The molecule has 2 aromatic heterocycles. The molecule has 3 aromatic rings. The predicted octanol–water partition coefficient (Wildman–Crippen LogP) is 4.42. The van der Waals surface area contributed by atoms with E-state index in [9.17, 15) is 4.79 Å². The first kappa shape index (κ1) is 21.3. The van der Waals surface area contributed by atoms with E-state index in [0.29, 0.717) is 30.1 Å². The summed E-state index contributed by atoms with van der Waals surface area (Å²) in [6.45, 7) is 4.57. The lowest BCUT2D eigenvalue weighted by atomic mass is 10.1. The van der Waals surface area contributed by atoms with Gasteiger partial charge in [-0.1, -0.05) is 0 Å². The summed E-state index contributed by atoms with van der Waals surface area (Å²) in [5.41, 5.74) is 4.07. The van der Waals surface area contributed by atoms with E-state index in [1.54, 1.807) is 6.20 Å². The van der Waals surface area contributed by atoms with Gasteiger partial charge >= 0.3 is 5.97 Å². The number of pyridine rings is 1. The van der Waals surface area contributed by atoms with Gasteiger partial charge in [0, 0.05) is 30.5 Å². The summed E-state index contributed by atoms with van der Waals surface area (Å²) in [5.74, 6) is 2.45. The lowest BCUT2D eigenvalue weighted by Crippen LogP contribution is -2.21. The van der Waals surface area contributed by atoms with Crippen molar-refractivity contribution in [2.45, 2.75) is 20.3 Å². The molecule has 8 heteroatoms. The fraction of sp³-hybridized carbons (Fsp3) is 0.250. The Bertz CT molecular complexity index is 1170. The molecule has 0 saturated carbocycles. The Kier molecular flexibility index (Phi) is 6.02. The van der Waals surface area contributed by atoms with E-state index < -0.39 is 0 Å². The molecule has 4 rings (SSSR count). The maximum absolute atomic E-state index is 12.2. The Morgan fingerprint density at radius 3 is 2.69 bits per heavy atom. The number of ether oxygens (including phenoxy) is 2. The number of methoxy groups -OCH3 is 1. The summed E-state index contributed by atoms with van der Waals surface area (Å²) in [4.78, 5) is 27.3. The average Bonchev–Trinajstić information content (AvgIpc) is 2.96. The highest BCUT2D eigenvalue weighted by atomic mass is 16.5. The molecular formula is C24H25N5O3. The van der Waals surface area contributed by atoms with Crippen LogP contribution in [0.5, 0.6) is 11.5 Å². The molecule has 0 unspecified atom stereocenters. The highest BCUT2D eigenvalue weighted by molar-refractivity contribution is 5.96. The first-order valence-electron chi connectivity index (χ1n) is 10.3. The van der Waals surface area contributed by atoms with Crippen LogP contribution in [-0.2, 0) is 9.53 Å². The van der Waals surface area contributed by atoms with E-state index in [1.807, 2.05) is 62.2 Å². The van der Waals surface area contributed by atoms with Gasteiger partial charge in [-0.05, 0) is 62.2 Å². The monoisotopic (exact) mass is 431 g/mol. The number of anilines is 3. The number of nitrogens with one attached hydrogen (secondary N) is 1. The van der Waals surface area contributed by atoms with Gasteiger partial charge in [0.05, 0.1) is 18.9 Å². The minimum Gasteiger partial charge on any atom is -0.466 e. The van der Waals surface area contributed by atoms with Crippen LogP contribution in [0.3, 0.4) is 0 Å². The molecule has 1 aliphatic rings. The standard InChI is InChI=1S/C24H25N5O3/c1-15-11-18(6-8-21(15)32-19-7-5-16(2)25-13-19)28-22-20-12-17(24(30)31-4)9-10-29(3)23(20)27-14-26-22/h5-8,11-14H,9-10H2,1-4H3,(H,26,27,28). The van der Waals surface area contributed by atoms with E-state index >= 15 is 0 Å². The van der Waals surface area contributed by atoms with Crippen molar-refractivity contribution >= 4 is 29.4 Å². The SMILES string of the molecule is COC(=O)C1=Cc2c(Nc3ccc(Oc4ccc(C)nc4)c(C)c3)ncnc2N(C)CC1. The molecule has 8 nitrogen and oxygen atoms in total. The number of nitrogens with zero attached hydrogens (tertiary/aromatic N) is 4. The summed E-state index contributed by atoms with van der Waals surface area (Å²) in [5, 5.41) is 3.35. The van der Waals surface area contributed by atoms with Crippen molar-refractivity contribution in [3.05, 3.63) is 65.2 Å². The molecule has 1 aromatic carbocycles. The molecule has 164 valence electrons.